The molecule has 0 aliphatic rings. The number of nitro groups is 1. The minimum absolute atomic E-state index is 0.0815. The SMILES string of the molecule is COCCNc1ncnc(Nc2cccc(C)n2)c1[N+](=O)[O-]. The average Bonchev–Trinajstić information content (AvgIpc) is 2.47. The van der Waals surface area contributed by atoms with Gasteiger partial charge in [0.05, 0.1) is 11.5 Å². The molecule has 0 unspecified atom stereocenters. The first-order chi connectivity index (χ1) is 10.6. The number of nitrogens with zero attached hydrogens (tertiary/aromatic N) is 4. The number of nitrogens with one attached hydrogen (secondary N) is 2. The van der Waals surface area contributed by atoms with Crippen molar-refractivity contribution in [2.45, 2.75) is 6.92 Å². The Kier molecular flexibility index (Phi) is 5.15. The third kappa shape index (κ3) is 3.85. The maximum absolute atomic E-state index is 11.3. The highest BCUT2D eigenvalue weighted by Gasteiger charge is 2.23. The van der Waals surface area contributed by atoms with E-state index in [0.29, 0.717) is 19.0 Å². The van der Waals surface area contributed by atoms with Crippen LogP contribution in [-0.2, 0) is 4.74 Å². The van der Waals surface area contributed by atoms with E-state index in [9.17, 15) is 10.1 Å². The number of hydrogen-bond acceptors (Lipinski definition) is 8. The number of aryl methyl sites for hydroxylation is 1. The zero-order chi connectivity index (χ0) is 15.9. The number of methoxy groups -OCH3 is 1. The molecular formula is C13H16N6O3. The molecule has 0 aliphatic carbocycles. The van der Waals surface area contributed by atoms with Crippen LogP contribution in [0.25, 0.3) is 0 Å². The third-order valence-electron chi connectivity index (χ3n) is 2.74. The second-order valence-corrected chi connectivity index (χ2v) is 4.39. The minimum atomic E-state index is -0.534. The first-order valence-corrected chi connectivity index (χ1v) is 6.54. The van der Waals surface area contributed by atoms with Gasteiger partial charge >= 0.3 is 5.69 Å². The van der Waals surface area contributed by atoms with Gasteiger partial charge in [-0.2, -0.15) is 0 Å². The third-order valence-corrected chi connectivity index (χ3v) is 2.74. The van der Waals surface area contributed by atoms with Crippen LogP contribution in [-0.4, -0.2) is 40.1 Å². The summed E-state index contributed by atoms with van der Waals surface area (Å²) in [4.78, 5) is 22.9. The lowest BCUT2D eigenvalue weighted by Crippen LogP contribution is -2.12. The smallest absolute Gasteiger partial charge is 0.353 e. The second-order valence-electron chi connectivity index (χ2n) is 4.39. The Hall–Kier alpha value is -2.81. The number of ether oxygens (including phenoxy) is 1. The first kappa shape index (κ1) is 15.6. The Morgan fingerprint density at radius 1 is 1.32 bits per heavy atom. The molecule has 2 N–H and O–H groups in total. The number of aromatic nitrogens is 3. The Morgan fingerprint density at radius 3 is 2.77 bits per heavy atom. The molecule has 116 valence electrons. The lowest BCUT2D eigenvalue weighted by Gasteiger charge is -2.09. The molecule has 0 aliphatic heterocycles. The fourth-order valence-electron chi connectivity index (χ4n) is 1.78. The molecule has 0 amide bonds. The summed E-state index contributed by atoms with van der Waals surface area (Å²) in [5.41, 5.74) is 0.557. The summed E-state index contributed by atoms with van der Waals surface area (Å²) in [6.07, 6.45) is 1.25. The number of pyridine rings is 1. The van der Waals surface area contributed by atoms with Crippen molar-refractivity contribution >= 4 is 23.1 Å². The van der Waals surface area contributed by atoms with E-state index >= 15 is 0 Å². The Labute approximate surface area is 126 Å². The zero-order valence-electron chi connectivity index (χ0n) is 12.2. The molecule has 0 bridgehead atoms. The number of hydrogen-bond donors (Lipinski definition) is 2. The van der Waals surface area contributed by atoms with Gasteiger partial charge in [0.2, 0.25) is 11.6 Å². The van der Waals surface area contributed by atoms with E-state index < -0.39 is 4.92 Å². The van der Waals surface area contributed by atoms with Crippen molar-refractivity contribution in [2.75, 3.05) is 30.9 Å². The van der Waals surface area contributed by atoms with Crippen molar-refractivity contribution in [1.29, 1.82) is 0 Å². The molecule has 9 nitrogen and oxygen atoms in total. The van der Waals surface area contributed by atoms with E-state index in [2.05, 4.69) is 25.6 Å². The zero-order valence-corrected chi connectivity index (χ0v) is 12.2. The topological polar surface area (TPSA) is 115 Å². The Balaban J connectivity index is 2.30. The summed E-state index contributed by atoms with van der Waals surface area (Å²) in [7, 11) is 1.55. The van der Waals surface area contributed by atoms with Crippen LogP contribution in [0.1, 0.15) is 5.69 Å². The molecule has 0 radical (unpaired) electrons. The van der Waals surface area contributed by atoms with Gasteiger partial charge in [-0.15, -0.1) is 0 Å². The predicted molar refractivity (Wildman–Crippen MR) is 81.3 cm³/mol. The van der Waals surface area contributed by atoms with Crippen LogP contribution in [0.4, 0.5) is 23.1 Å². The lowest BCUT2D eigenvalue weighted by molar-refractivity contribution is -0.383. The van der Waals surface area contributed by atoms with Crippen molar-refractivity contribution in [1.82, 2.24) is 15.0 Å². The van der Waals surface area contributed by atoms with Crippen LogP contribution in [0.2, 0.25) is 0 Å². The van der Waals surface area contributed by atoms with E-state index in [1.165, 1.54) is 6.33 Å². The highest BCUT2D eigenvalue weighted by atomic mass is 16.6. The van der Waals surface area contributed by atoms with E-state index in [1.807, 2.05) is 13.0 Å². The first-order valence-electron chi connectivity index (χ1n) is 6.54. The van der Waals surface area contributed by atoms with Crippen molar-refractivity contribution in [2.24, 2.45) is 0 Å². The summed E-state index contributed by atoms with van der Waals surface area (Å²) in [6, 6.07) is 5.34. The van der Waals surface area contributed by atoms with E-state index in [4.69, 9.17) is 4.74 Å². The maximum Gasteiger partial charge on any atom is 0.353 e. The van der Waals surface area contributed by atoms with Gasteiger partial charge < -0.3 is 15.4 Å². The van der Waals surface area contributed by atoms with Crippen LogP contribution in [0.15, 0.2) is 24.5 Å². The summed E-state index contributed by atoms with van der Waals surface area (Å²) in [6.45, 7) is 2.64. The van der Waals surface area contributed by atoms with Gasteiger partial charge in [-0.05, 0) is 19.1 Å². The van der Waals surface area contributed by atoms with Crippen LogP contribution in [0, 0.1) is 17.0 Å². The van der Waals surface area contributed by atoms with E-state index in [-0.39, 0.29) is 17.3 Å². The highest BCUT2D eigenvalue weighted by molar-refractivity contribution is 5.72. The van der Waals surface area contributed by atoms with Crippen LogP contribution >= 0.6 is 0 Å². The van der Waals surface area contributed by atoms with Crippen LogP contribution in [0.5, 0.6) is 0 Å². The molecule has 0 spiro atoms. The predicted octanol–water partition coefficient (Wildman–Crippen LogP) is 1.89. The van der Waals surface area contributed by atoms with E-state index in [0.717, 1.165) is 5.69 Å². The fraction of sp³-hybridized carbons (Fsp3) is 0.308. The molecule has 0 atom stereocenters. The normalized spacial score (nSPS) is 10.3. The summed E-state index contributed by atoms with van der Waals surface area (Å²) < 4.78 is 4.90. The van der Waals surface area contributed by atoms with Gasteiger partial charge in [0.15, 0.2) is 0 Å². The molecule has 0 saturated heterocycles. The molecule has 0 fully saturated rings. The number of anilines is 3. The molecular weight excluding hydrogens is 288 g/mol. The van der Waals surface area contributed by atoms with Gasteiger partial charge in [-0.25, -0.2) is 15.0 Å². The molecule has 2 aromatic heterocycles. The van der Waals surface area contributed by atoms with Gasteiger partial charge in [-0.1, -0.05) is 6.07 Å². The highest BCUT2D eigenvalue weighted by Crippen LogP contribution is 2.30. The van der Waals surface area contributed by atoms with Gasteiger partial charge in [-0.3, -0.25) is 10.1 Å². The number of rotatable bonds is 7. The molecule has 2 aromatic rings. The maximum atomic E-state index is 11.3. The monoisotopic (exact) mass is 304 g/mol. The fourth-order valence-corrected chi connectivity index (χ4v) is 1.78. The average molecular weight is 304 g/mol. The summed E-state index contributed by atoms with van der Waals surface area (Å²) >= 11 is 0. The standard InChI is InChI=1S/C13H16N6O3/c1-9-4-3-5-10(17-9)18-13-11(19(20)21)12(15-8-16-13)14-6-7-22-2/h3-5,8H,6-7H2,1-2H3,(H2,14,15,16,17,18). The largest absolute Gasteiger partial charge is 0.383 e. The molecule has 2 rings (SSSR count). The van der Waals surface area contributed by atoms with Gasteiger partial charge in [0, 0.05) is 19.3 Å². The lowest BCUT2D eigenvalue weighted by atomic mass is 10.3. The molecule has 0 aromatic carbocycles. The van der Waals surface area contributed by atoms with Crippen molar-refractivity contribution in [3.05, 3.63) is 40.3 Å². The van der Waals surface area contributed by atoms with Crippen LogP contribution < -0.4 is 10.6 Å². The van der Waals surface area contributed by atoms with Crippen LogP contribution in [0.3, 0.4) is 0 Å². The van der Waals surface area contributed by atoms with Gasteiger partial charge in [0.25, 0.3) is 0 Å². The van der Waals surface area contributed by atoms with Crippen molar-refractivity contribution in [3.63, 3.8) is 0 Å². The minimum Gasteiger partial charge on any atom is -0.383 e. The molecule has 22 heavy (non-hydrogen) atoms. The summed E-state index contributed by atoms with van der Waals surface area (Å²) in [5.74, 6) is 0.690. The van der Waals surface area contributed by atoms with Crippen molar-refractivity contribution in [3.8, 4) is 0 Å². The van der Waals surface area contributed by atoms with Crippen molar-refractivity contribution < 1.29 is 9.66 Å². The molecule has 2 heterocycles. The summed E-state index contributed by atoms with van der Waals surface area (Å²) in [5, 5.41) is 17.0. The molecule has 0 saturated carbocycles. The van der Waals surface area contributed by atoms with E-state index in [1.54, 1.807) is 19.2 Å². The quantitative estimate of drug-likeness (QED) is 0.452. The Morgan fingerprint density at radius 2 is 2.09 bits per heavy atom. The molecule has 9 heteroatoms. The second kappa shape index (κ2) is 7.27. The van der Waals surface area contributed by atoms with Gasteiger partial charge in [0.1, 0.15) is 12.1 Å². The Bertz CT molecular complexity index is 664.